The van der Waals surface area contributed by atoms with Crippen LogP contribution in [0.4, 0.5) is 0 Å². The Hall–Kier alpha value is -0.360. The lowest BCUT2D eigenvalue weighted by molar-refractivity contribution is -0.218. The second-order valence-electron chi connectivity index (χ2n) is 10.1. The van der Waals surface area contributed by atoms with Crippen LogP contribution in [0.15, 0.2) is 0 Å². The van der Waals surface area contributed by atoms with Crippen molar-refractivity contribution in [1.82, 2.24) is 4.90 Å². The Morgan fingerprint density at radius 1 is 0.429 bits per heavy atom. The number of unbranched alkanes of at least 4 members (excludes halogenated alkanes) is 13. The average molecular weight is 510 g/mol. The molecule has 8 N–H and O–H groups in total. The van der Waals surface area contributed by atoms with Crippen molar-refractivity contribution in [2.24, 2.45) is 0 Å². The summed E-state index contributed by atoms with van der Waals surface area (Å²) < 4.78 is 0. The molecular formula is C26H55NO8. The van der Waals surface area contributed by atoms with Crippen molar-refractivity contribution < 1.29 is 40.9 Å². The number of nitrogens with zero attached hydrogens (tertiary/aromatic N) is 1. The van der Waals surface area contributed by atoms with Crippen LogP contribution in [0.3, 0.4) is 0 Å². The molecule has 212 valence electrons. The summed E-state index contributed by atoms with van der Waals surface area (Å²) in [5.74, 6) is 0. The fourth-order valence-electron chi connectivity index (χ4n) is 4.23. The Bertz CT molecular complexity index is 456. The minimum Gasteiger partial charge on any atom is -0.391 e. The highest BCUT2D eigenvalue weighted by atomic mass is 16.4. The fraction of sp³-hybridized carbons (Fsp3) is 1.00. The van der Waals surface area contributed by atoms with Crippen LogP contribution in [0.1, 0.15) is 111 Å². The van der Waals surface area contributed by atoms with Crippen molar-refractivity contribution in [3.05, 3.63) is 0 Å². The van der Waals surface area contributed by atoms with Gasteiger partial charge in [0.15, 0.2) is 0 Å². The SMILES string of the molecule is CCCCCCCCCCCCCCCCN([C@H](O)[C@@H](O)[C@@H](O)[C@@H](C)O)[C@H](O)[C@@H](O)[C@@H](O)[C@@H](C)O. The lowest BCUT2D eigenvalue weighted by Crippen LogP contribution is -2.60. The maximum Gasteiger partial charge on any atom is 0.138 e. The van der Waals surface area contributed by atoms with Crippen LogP contribution in [0, 0.1) is 0 Å². The molecule has 0 spiro atoms. The molecule has 0 bridgehead atoms. The summed E-state index contributed by atoms with van der Waals surface area (Å²) in [4.78, 5) is 0.979. The topological polar surface area (TPSA) is 165 Å². The zero-order valence-corrected chi connectivity index (χ0v) is 22.3. The summed E-state index contributed by atoms with van der Waals surface area (Å²) in [5, 5.41) is 80.3. The van der Waals surface area contributed by atoms with Crippen molar-refractivity contribution in [2.75, 3.05) is 6.54 Å². The Morgan fingerprint density at radius 2 is 0.714 bits per heavy atom. The normalized spacial score (nSPS) is 19.2. The van der Waals surface area contributed by atoms with Crippen LogP contribution in [0.5, 0.6) is 0 Å². The first-order chi connectivity index (χ1) is 16.6. The Kier molecular flexibility index (Phi) is 20.5. The Labute approximate surface area is 212 Å². The number of aliphatic hydroxyl groups is 8. The zero-order chi connectivity index (χ0) is 26.8. The van der Waals surface area contributed by atoms with Gasteiger partial charge in [-0.05, 0) is 20.3 Å². The van der Waals surface area contributed by atoms with E-state index in [0.717, 1.165) is 30.6 Å². The second-order valence-corrected chi connectivity index (χ2v) is 10.1. The maximum absolute atomic E-state index is 10.5. The molecule has 0 aromatic carbocycles. The lowest BCUT2D eigenvalue weighted by Gasteiger charge is -2.39. The molecule has 0 aliphatic carbocycles. The minimum atomic E-state index is -1.81. The van der Waals surface area contributed by atoms with Gasteiger partial charge in [0.1, 0.15) is 36.9 Å². The van der Waals surface area contributed by atoms with Crippen molar-refractivity contribution in [2.45, 2.75) is 160 Å². The minimum absolute atomic E-state index is 0.0769. The quantitative estimate of drug-likeness (QED) is 0.0754. The smallest absolute Gasteiger partial charge is 0.138 e. The van der Waals surface area contributed by atoms with E-state index in [2.05, 4.69) is 6.92 Å². The van der Waals surface area contributed by atoms with Gasteiger partial charge in [-0.25, -0.2) is 4.90 Å². The standard InChI is InChI=1S/C26H55NO8/c1-4-5-6-7-8-9-10-11-12-13-14-15-16-17-18-27(25(34)23(32)21(30)19(2)28)26(35)24(33)22(31)20(3)29/h19-26,28-35H,4-18H2,1-3H3/t19-,20-,21+,22+,23+,24+,25-,26-/m1/s1. The largest absolute Gasteiger partial charge is 0.391 e. The van der Waals surface area contributed by atoms with Crippen molar-refractivity contribution in [1.29, 1.82) is 0 Å². The number of hydrogen-bond donors (Lipinski definition) is 8. The number of rotatable bonds is 23. The van der Waals surface area contributed by atoms with E-state index >= 15 is 0 Å². The van der Waals surface area contributed by atoms with Gasteiger partial charge >= 0.3 is 0 Å². The van der Waals surface area contributed by atoms with Gasteiger partial charge in [-0.2, -0.15) is 0 Å². The summed E-state index contributed by atoms with van der Waals surface area (Å²) in [5.41, 5.74) is 0. The summed E-state index contributed by atoms with van der Waals surface area (Å²) in [6.45, 7) is 4.81. The van der Waals surface area contributed by atoms with E-state index in [1.54, 1.807) is 0 Å². The highest BCUT2D eigenvalue weighted by Gasteiger charge is 2.39. The molecule has 8 atom stereocenters. The molecular weight excluding hydrogens is 454 g/mol. The molecule has 0 saturated heterocycles. The predicted octanol–water partition coefficient (Wildman–Crippen LogP) is 1.61. The van der Waals surface area contributed by atoms with E-state index in [1.165, 1.54) is 71.6 Å². The van der Waals surface area contributed by atoms with E-state index in [0.29, 0.717) is 6.42 Å². The molecule has 0 aromatic heterocycles. The van der Waals surface area contributed by atoms with E-state index in [1.807, 2.05) is 0 Å². The van der Waals surface area contributed by atoms with Crippen LogP contribution in [0.25, 0.3) is 0 Å². The average Bonchev–Trinajstić information content (AvgIpc) is 2.83. The highest BCUT2D eigenvalue weighted by molar-refractivity contribution is 4.85. The van der Waals surface area contributed by atoms with Gasteiger partial charge in [0, 0.05) is 6.54 Å². The van der Waals surface area contributed by atoms with Gasteiger partial charge in [0.25, 0.3) is 0 Å². The number of aliphatic hydroxyl groups excluding tert-OH is 8. The van der Waals surface area contributed by atoms with Gasteiger partial charge in [-0.1, -0.05) is 90.4 Å². The van der Waals surface area contributed by atoms with Gasteiger partial charge in [0.05, 0.1) is 12.2 Å². The molecule has 9 heteroatoms. The van der Waals surface area contributed by atoms with E-state index in [4.69, 9.17) is 0 Å². The molecule has 0 aliphatic heterocycles. The summed E-state index contributed by atoms with van der Waals surface area (Å²) in [6.07, 6.45) is 3.05. The predicted molar refractivity (Wildman–Crippen MR) is 136 cm³/mol. The first-order valence-electron chi connectivity index (χ1n) is 13.8. The van der Waals surface area contributed by atoms with E-state index in [9.17, 15) is 40.9 Å². The highest BCUT2D eigenvalue weighted by Crippen LogP contribution is 2.18. The summed E-state index contributed by atoms with van der Waals surface area (Å²) in [6, 6.07) is 0. The zero-order valence-electron chi connectivity index (χ0n) is 22.3. The van der Waals surface area contributed by atoms with Gasteiger partial charge in [-0.3, -0.25) is 0 Å². The monoisotopic (exact) mass is 509 g/mol. The Morgan fingerprint density at radius 3 is 1.00 bits per heavy atom. The first kappa shape index (κ1) is 34.6. The third kappa shape index (κ3) is 14.8. The van der Waals surface area contributed by atoms with Gasteiger partial charge in [-0.15, -0.1) is 0 Å². The molecule has 35 heavy (non-hydrogen) atoms. The molecule has 0 fully saturated rings. The maximum atomic E-state index is 10.5. The van der Waals surface area contributed by atoms with Crippen LogP contribution in [-0.2, 0) is 0 Å². The van der Waals surface area contributed by atoms with Crippen LogP contribution >= 0.6 is 0 Å². The Balaban J connectivity index is 4.44. The summed E-state index contributed by atoms with van der Waals surface area (Å²) in [7, 11) is 0. The lowest BCUT2D eigenvalue weighted by atomic mass is 10.0. The molecule has 0 rings (SSSR count). The van der Waals surface area contributed by atoms with E-state index < -0.39 is 49.1 Å². The van der Waals surface area contributed by atoms with Crippen molar-refractivity contribution >= 4 is 0 Å². The molecule has 0 unspecified atom stereocenters. The molecule has 0 heterocycles. The summed E-state index contributed by atoms with van der Waals surface area (Å²) >= 11 is 0. The molecule has 0 radical (unpaired) electrons. The molecule has 9 nitrogen and oxygen atoms in total. The number of hydrogen-bond acceptors (Lipinski definition) is 9. The molecule has 0 amide bonds. The fourth-order valence-corrected chi connectivity index (χ4v) is 4.23. The van der Waals surface area contributed by atoms with Crippen LogP contribution in [-0.4, -0.2) is 101 Å². The van der Waals surface area contributed by atoms with Gasteiger partial charge < -0.3 is 40.9 Å². The molecule has 0 aliphatic rings. The van der Waals surface area contributed by atoms with Crippen molar-refractivity contribution in [3.8, 4) is 0 Å². The van der Waals surface area contributed by atoms with Crippen molar-refractivity contribution in [3.63, 3.8) is 0 Å². The molecule has 0 aromatic rings. The first-order valence-corrected chi connectivity index (χ1v) is 13.8. The van der Waals surface area contributed by atoms with Crippen LogP contribution < -0.4 is 0 Å². The molecule has 0 saturated carbocycles. The van der Waals surface area contributed by atoms with Gasteiger partial charge in [0.2, 0.25) is 0 Å². The third-order valence-electron chi connectivity index (χ3n) is 6.75. The van der Waals surface area contributed by atoms with Crippen LogP contribution in [0.2, 0.25) is 0 Å². The third-order valence-corrected chi connectivity index (χ3v) is 6.75. The second kappa shape index (κ2) is 20.7. The van der Waals surface area contributed by atoms with E-state index in [-0.39, 0.29) is 6.54 Å².